The number of anilines is 6. The van der Waals surface area contributed by atoms with Gasteiger partial charge in [-0.2, -0.15) is 0 Å². The average Bonchev–Trinajstić information content (AvgIpc) is 1.47. The molecule has 130 heavy (non-hydrogen) atoms. The lowest BCUT2D eigenvalue weighted by atomic mass is 9.51. The summed E-state index contributed by atoms with van der Waals surface area (Å²) < 4.78 is 0. The van der Waals surface area contributed by atoms with Crippen molar-refractivity contribution < 1.29 is 10.0 Å². The maximum atomic E-state index is 9.37. The zero-order valence-corrected chi connectivity index (χ0v) is 71.8. The number of nitrogens with zero attached hydrogens (tertiary/aromatic N) is 2. The average molecular weight is 1680 g/mol. The lowest BCUT2D eigenvalue weighted by molar-refractivity contribution is 0.426. The van der Waals surface area contributed by atoms with Crippen LogP contribution in [-0.4, -0.2) is 17.2 Å². The van der Waals surface area contributed by atoms with Crippen LogP contribution in [-0.2, 0) is 21.7 Å². The lowest BCUT2D eigenvalue weighted by Crippen LogP contribution is -2.44. The Bertz CT molecular complexity index is 7590. The predicted octanol–water partition coefficient (Wildman–Crippen LogP) is 29.4. The molecule has 4 spiro atoms. The van der Waals surface area contributed by atoms with Gasteiger partial charge < -0.3 is 19.8 Å². The highest BCUT2D eigenvalue weighted by Crippen LogP contribution is 2.71. The van der Waals surface area contributed by atoms with Crippen LogP contribution < -0.4 is 15.3 Å². The number of hydrogen-bond donors (Lipinski definition) is 2. The van der Waals surface area contributed by atoms with Gasteiger partial charge in [-0.25, -0.2) is 0 Å². The number of para-hydroxylation sites is 2. The van der Waals surface area contributed by atoms with Gasteiger partial charge in [-0.05, 0) is 251 Å². The fourth-order valence-electron chi connectivity index (χ4n) is 23.3. The van der Waals surface area contributed by atoms with Crippen molar-refractivity contribution in [2.45, 2.75) is 21.7 Å². The van der Waals surface area contributed by atoms with Gasteiger partial charge in [-0.1, -0.05) is 430 Å². The van der Waals surface area contributed by atoms with E-state index in [-0.39, 0.29) is 0 Å². The van der Waals surface area contributed by atoms with Gasteiger partial charge in [0.25, 0.3) is 0 Å². The first-order valence-electron chi connectivity index (χ1n) is 44.8. The maximum absolute atomic E-state index is 9.37. The molecule has 0 saturated carbocycles. The third-order valence-corrected chi connectivity index (χ3v) is 28.6. The van der Waals surface area contributed by atoms with E-state index in [0.717, 1.165) is 44.7 Å². The molecule has 0 aromatic heterocycles. The smallest absolute Gasteiger partial charge is 0.423 e. The summed E-state index contributed by atoms with van der Waals surface area (Å²) in [6.07, 6.45) is 0. The minimum atomic E-state index is -1.47. The van der Waals surface area contributed by atoms with Gasteiger partial charge in [-0.3, -0.25) is 0 Å². The van der Waals surface area contributed by atoms with Gasteiger partial charge in [0.2, 0.25) is 0 Å². The fourth-order valence-corrected chi connectivity index (χ4v) is 23.6. The monoisotopic (exact) mass is 1680 g/mol. The third kappa shape index (κ3) is 11.6. The Morgan fingerprint density at radius 3 is 0.685 bits per heavy atom. The molecular weight excluding hydrogens is 1600 g/mol. The van der Waals surface area contributed by atoms with Crippen molar-refractivity contribution in [1.29, 1.82) is 0 Å². The van der Waals surface area contributed by atoms with Crippen molar-refractivity contribution >= 4 is 58.3 Å². The first-order valence-corrected chi connectivity index (χ1v) is 45.2. The largest absolute Gasteiger partial charge is 0.488 e. The van der Waals surface area contributed by atoms with Crippen LogP contribution in [0.15, 0.2) is 497 Å². The Labute approximate surface area is 763 Å². The normalized spacial score (nSPS) is 13.7. The van der Waals surface area contributed by atoms with Crippen molar-refractivity contribution in [2.75, 3.05) is 9.80 Å². The third-order valence-electron chi connectivity index (χ3n) is 28.3. The van der Waals surface area contributed by atoms with Crippen LogP contribution in [0.3, 0.4) is 0 Å². The van der Waals surface area contributed by atoms with E-state index in [4.69, 9.17) is 11.6 Å². The molecule has 0 fully saturated rings. The summed E-state index contributed by atoms with van der Waals surface area (Å²) in [5.74, 6) is 0. The van der Waals surface area contributed by atoms with Crippen molar-refractivity contribution in [3.63, 3.8) is 0 Å². The van der Waals surface area contributed by atoms with Crippen LogP contribution in [0.2, 0.25) is 5.02 Å². The summed E-state index contributed by atoms with van der Waals surface area (Å²) in [6, 6.07) is 180. The highest BCUT2D eigenvalue weighted by molar-refractivity contribution is 6.58. The molecule has 0 amide bonds. The maximum Gasteiger partial charge on any atom is 0.488 e. The Kier molecular flexibility index (Phi) is 18.8. The first-order chi connectivity index (χ1) is 64.3. The van der Waals surface area contributed by atoms with Crippen LogP contribution in [0.1, 0.15) is 89.0 Å². The molecule has 0 unspecified atom stereocenters. The zero-order chi connectivity index (χ0) is 86.7. The van der Waals surface area contributed by atoms with Crippen molar-refractivity contribution in [3.05, 3.63) is 591 Å². The number of benzene rings is 20. The molecule has 20 aromatic carbocycles. The molecule has 4 nitrogen and oxygen atoms in total. The molecule has 0 atom stereocenters. The highest BCUT2D eigenvalue weighted by atomic mass is 35.5. The molecule has 0 saturated heterocycles. The topological polar surface area (TPSA) is 46.9 Å². The van der Waals surface area contributed by atoms with E-state index in [0.29, 0.717) is 5.46 Å². The second-order valence-electron chi connectivity index (χ2n) is 34.5. The SMILES string of the molecule is Clc1cccc2c1C1(c3ccccc3-c3ccccc31)c1ccccc1C21c2ccccc2-c2ccccc21.OB(O)c1ccc(N(c2ccccc2)c2ccc(-c3ccccc3)cc2)cc1.c1ccc(-c2ccc(N(c3ccccc3)c3ccc(-c4cccc5c4C4(c6ccccc6-c6ccccc64)c4ccccc4C54c5ccccc5-c5ccccc54)cc3)cc2)cc1. The summed E-state index contributed by atoms with van der Waals surface area (Å²) in [6.45, 7) is 0. The standard InChI is InChI=1S/C62H41N.C38H23Cl.C24H20BNO2/c1-3-18-42(19-4-1)43-34-38-46(39-35-43)63(45-20-5-2-6-21-45)47-40-36-44(37-41-47)48-26-17-33-59-60(48)62(55-29-13-9-24-51(55)52-25-10-14-30-56(52)62)58-32-16-15-31-57(58)61(59)53-27-11-7-22-49(53)50-23-8-12-28-54(50)61;39-35-23-11-22-34-36(35)38(30-18-7-3-14-26(30)27-15-4-8-19-31(27)38)33-21-10-9-20-32(33)37(34)28-16-5-1-12-24(28)25-13-2-6-17-29(25)37;27-25(28)21-13-17-24(18-14-21)26(22-9-5-2-6-10-22)23-15-11-20(12-16-23)19-7-3-1-4-8-19/h1-41H;1-23H;1-18,27-28H. The summed E-state index contributed by atoms with van der Waals surface area (Å²) in [5, 5.41) is 19.6. The second-order valence-corrected chi connectivity index (χ2v) is 34.9. The predicted molar refractivity (Wildman–Crippen MR) is 536 cm³/mol. The van der Waals surface area contributed by atoms with E-state index in [1.807, 2.05) is 48.5 Å². The molecule has 6 heteroatoms. The van der Waals surface area contributed by atoms with Crippen LogP contribution in [0.4, 0.5) is 34.1 Å². The first kappa shape index (κ1) is 77.8. The number of halogens is 1. The fraction of sp³-hybridized carbons (Fsp3) is 0.0323. The van der Waals surface area contributed by atoms with Gasteiger partial charge in [0.1, 0.15) is 0 Å². The Hall–Kier alpha value is -15.7. The molecule has 0 aliphatic heterocycles. The molecule has 6 aliphatic rings. The zero-order valence-electron chi connectivity index (χ0n) is 71.1. The quantitative estimate of drug-likeness (QED) is 0.134. The minimum absolute atomic E-state index is 0.457. The van der Waals surface area contributed by atoms with Crippen molar-refractivity contribution in [3.8, 4) is 77.9 Å². The summed E-state index contributed by atoms with van der Waals surface area (Å²) in [7, 11) is -1.47. The number of fused-ring (bicyclic) bond motifs is 32. The summed E-state index contributed by atoms with van der Waals surface area (Å²) in [5.41, 5.74) is 43.6. The van der Waals surface area contributed by atoms with Crippen LogP contribution in [0, 0.1) is 0 Å². The van der Waals surface area contributed by atoms with Gasteiger partial charge in [0.05, 0.1) is 21.7 Å². The summed E-state index contributed by atoms with van der Waals surface area (Å²) in [4.78, 5) is 4.50. The van der Waals surface area contributed by atoms with E-state index in [1.165, 1.54) is 161 Å². The Morgan fingerprint density at radius 2 is 0.369 bits per heavy atom. The van der Waals surface area contributed by atoms with Crippen LogP contribution >= 0.6 is 11.6 Å². The van der Waals surface area contributed by atoms with E-state index in [9.17, 15) is 10.0 Å². The van der Waals surface area contributed by atoms with Crippen molar-refractivity contribution in [2.24, 2.45) is 0 Å². The van der Waals surface area contributed by atoms with E-state index in [2.05, 4.69) is 447 Å². The Morgan fingerprint density at radius 1 is 0.162 bits per heavy atom. The molecular formula is C124H84BClN2O2. The summed E-state index contributed by atoms with van der Waals surface area (Å²) >= 11 is 7.43. The van der Waals surface area contributed by atoms with Gasteiger partial charge >= 0.3 is 7.12 Å². The molecule has 612 valence electrons. The molecule has 20 aromatic rings. The van der Waals surface area contributed by atoms with E-state index < -0.39 is 28.8 Å². The lowest BCUT2D eigenvalue weighted by Gasteiger charge is -2.49. The molecule has 0 bridgehead atoms. The van der Waals surface area contributed by atoms with Crippen LogP contribution in [0.25, 0.3) is 77.9 Å². The van der Waals surface area contributed by atoms with Gasteiger partial charge in [-0.15, -0.1) is 0 Å². The van der Waals surface area contributed by atoms with E-state index >= 15 is 0 Å². The molecule has 0 heterocycles. The molecule has 0 radical (unpaired) electrons. The molecule has 6 aliphatic carbocycles. The Balaban J connectivity index is 0.000000119. The molecule has 26 rings (SSSR count). The minimum Gasteiger partial charge on any atom is -0.423 e. The van der Waals surface area contributed by atoms with Gasteiger partial charge in [0.15, 0.2) is 0 Å². The van der Waals surface area contributed by atoms with E-state index in [1.54, 1.807) is 12.1 Å². The number of rotatable bonds is 10. The molecule has 2 N–H and O–H groups in total. The van der Waals surface area contributed by atoms with Gasteiger partial charge in [0, 0.05) is 39.1 Å². The number of hydrogen-bond acceptors (Lipinski definition) is 4. The van der Waals surface area contributed by atoms with Crippen molar-refractivity contribution in [1.82, 2.24) is 0 Å². The highest BCUT2D eigenvalue weighted by Gasteiger charge is 2.62. The van der Waals surface area contributed by atoms with Crippen LogP contribution in [0.5, 0.6) is 0 Å². The second kappa shape index (κ2) is 31.4.